The second-order valence-corrected chi connectivity index (χ2v) is 6.29. The fraction of sp³-hybridized carbons (Fsp3) is 0.467. The van der Waals surface area contributed by atoms with Crippen LogP contribution < -0.4 is 5.46 Å². The molecule has 0 aromatic heterocycles. The van der Waals surface area contributed by atoms with Crippen molar-refractivity contribution < 1.29 is 24.0 Å². The molecule has 0 saturated carbocycles. The summed E-state index contributed by atoms with van der Waals surface area (Å²) in [6.07, 6.45) is 0.649. The lowest BCUT2D eigenvalue weighted by molar-refractivity contribution is 0.00578. The second-order valence-electron chi connectivity index (χ2n) is 6.29. The summed E-state index contributed by atoms with van der Waals surface area (Å²) in [6, 6.07) is 2.87. The van der Waals surface area contributed by atoms with Gasteiger partial charge in [0.25, 0.3) is 0 Å². The van der Waals surface area contributed by atoms with Gasteiger partial charge in [0.2, 0.25) is 0 Å². The van der Waals surface area contributed by atoms with Crippen molar-refractivity contribution in [2.75, 3.05) is 0 Å². The number of aromatic carboxylic acids is 1. The Hall–Kier alpha value is -1.66. The molecule has 112 valence electrons. The van der Waals surface area contributed by atoms with Crippen molar-refractivity contribution in [1.82, 2.24) is 0 Å². The Morgan fingerprint density at radius 1 is 1.19 bits per heavy atom. The molecule has 0 aliphatic carbocycles. The fourth-order valence-corrected chi connectivity index (χ4v) is 2.22. The van der Waals surface area contributed by atoms with Gasteiger partial charge in [-0.15, -0.1) is 0 Å². The van der Waals surface area contributed by atoms with Gasteiger partial charge in [0.15, 0.2) is 0 Å². The third-order valence-corrected chi connectivity index (χ3v) is 4.37. The van der Waals surface area contributed by atoms with Crippen LogP contribution in [0.2, 0.25) is 0 Å². The lowest BCUT2D eigenvalue weighted by atomic mass is 9.74. The molecule has 21 heavy (non-hydrogen) atoms. The van der Waals surface area contributed by atoms with E-state index < -0.39 is 24.3 Å². The summed E-state index contributed by atoms with van der Waals surface area (Å²) >= 11 is 0. The Morgan fingerprint density at radius 3 is 2.14 bits per heavy atom. The number of carbonyl (C=O) groups is 2. The number of benzene rings is 1. The topological polar surface area (TPSA) is 72.8 Å². The molecule has 1 aromatic rings. The first-order valence-electron chi connectivity index (χ1n) is 6.78. The number of hydrogen-bond donors (Lipinski definition) is 1. The molecule has 0 amide bonds. The first kappa shape index (κ1) is 15.7. The number of carboxylic acids is 1. The van der Waals surface area contributed by atoms with Crippen LogP contribution in [0.25, 0.3) is 0 Å². The van der Waals surface area contributed by atoms with Crippen LogP contribution in [0.1, 0.15) is 54.0 Å². The zero-order valence-electron chi connectivity index (χ0n) is 12.9. The molecule has 2 rings (SSSR count). The van der Waals surface area contributed by atoms with E-state index in [0.29, 0.717) is 22.9 Å². The van der Waals surface area contributed by atoms with Crippen molar-refractivity contribution >= 4 is 24.8 Å². The first-order valence-corrected chi connectivity index (χ1v) is 6.78. The highest BCUT2D eigenvalue weighted by molar-refractivity contribution is 6.63. The number of aldehydes is 1. The molecule has 0 atom stereocenters. The van der Waals surface area contributed by atoms with E-state index in [9.17, 15) is 14.7 Å². The van der Waals surface area contributed by atoms with Crippen LogP contribution in [0.4, 0.5) is 0 Å². The van der Waals surface area contributed by atoms with Gasteiger partial charge in [-0.05, 0) is 57.8 Å². The third-order valence-electron chi connectivity index (χ3n) is 4.37. The number of carbonyl (C=O) groups excluding carboxylic acids is 1. The maximum Gasteiger partial charge on any atom is 0.495 e. The number of rotatable bonds is 3. The Morgan fingerprint density at radius 2 is 1.71 bits per heavy atom. The molecule has 1 aromatic carbocycles. The molecule has 5 nitrogen and oxygen atoms in total. The van der Waals surface area contributed by atoms with Crippen molar-refractivity contribution in [3.8, 4) is 0 Å². The largest absolute Gasteiger partial charge is 0.495 e. The minimum absolute atomic E-state index is 0.0485. The van der Waals surface area contributed by atoms with Crippen molar-refractivity contribution in [3.05, 3.63) is 28.8 Å². The maximum absolute atomic E-state index is 11.2. The average Bonchev–Trinajstić information content (AvgIpc) is 2.58. The zero-order chi connectivity index (χ0) is 16.0. The smallest absolute Gasteiger partial charge is 0.478 e. The van der Waals surface area contributed by atoms with Crippen LogP contribution >= 0.6 is 0 Å². The van der Waals surface area contributed by atoms with Crippen LogP contribution in [-0.2, 0) is 9.31 Å². The summed E-state index contributed by atoms with van der Waals surface area (Å²) in [5.41, 5.74) is 0.589. The minimum atomic E-state index is -1.09. The van der Waals surface area contributed by atoms with Gasteiger partial charge in [0, 0.05) is 5.56 Å². The molecule has 1 fully saturated rings. The van der Waals surface area contributed by atoms with Gasteiger partial charge in [-0.3, -0.25) is 4.79 Å². The Balaban J connectivity index is 2.52. The van der Waals surface area contributed by atoms with Gasteiger partial charge in [-0.25, -0.2) is 4.79 Å². The summed E-state index contributed by atoms with van der Waals surface area (Å²) in [5.74, 6) is -1.09. The van der Waals surface area contributed by atoms with Crippen LogP contribution in [0, 0.1) is 6.92 Å². The van der Waals surface area contributed by atoms with Gasteiger partial charge in [-0.2, -0.15) is 0 Å². The van der Waals surface area contributed by atoms with E-state index in [2.05, 4.69) is 0 Å². The van der Waals surface area contributed by atoms with Gasteiger partial charge in [0.05, 0.1) is 16.8 Å². The molecular weight excluding hydrogens is 271 g/mol. The Kier molecular flexibility index (Phi) is 3.72. The van der Waals surface area contributed by atoms with E-state index in [-0.39, 0.29) is 5.56 Å². The molecule has 1 aliphatic rings. The standard InChI is InChI=1S/C15H19BO5/c1-9-11(8-17)6-10(13(18)19)7-12(9)16-20-14(2,3)15(4,5)21-16/h6-8H,1-5H3,(H,18,19). The predicted octanol–water partition coefficient (Wildman–Crippen LogP) is 1.80. The normalized spacial score (nSPS) is 19.6. The van der Waals surface area contributed by atoms with Crippen molar-refractivity contribution in [2.45, 2.75) is 45.8 Å². The zero-order valence-corrected chi connectivity index (χ0v) is 12.9. The van der Waals surface area contributed by atoms with E-state index in [1.807, 2.05) is 27.7 Å². The summed E-state index contributed by atoms with van der Waals surface area (Å²) in [7, 11) is -0.687. The highest BCUT2D eigenvalue weighted by Gasteiger charge is 2.52. The van der Waals surface area contributed by atoms with Gasteiger partial charge in [0.1, 0.15) is 6.29 Å². The summed E-state index contributed by atoms with van der Waals surface area (Å²) in [4.78, 5) is 22.4. The van der Waals surface area contributed by atoms with Gasteiger partial charge < -0.3 is 14.4 Å². The number of hydrogen-bond acceptors (Lipinski definition) is 4. The fourth-order valence-electron chi connectivity index (χ4n) is 2.22. The highest BCUT2D eigenvalue weighted by Crippen LogP contribution is 2.36. The van der Waals surface area contributed by atoms with Crippen LogP contribution in [-0.4, -0.2) is 35.7 Å². The second kappa shape index (κ2) is 4.96. The maximum atomic E-state index is 11.2. The number of carboxylic acid groups (broad SMARTS) is 1. The molecule has 1 aliphatic heterocycles. The molecular formula is C15H19BO5. The van der Waals surface area contributed by atoms with Crippen LogP contribution in [0.15, 0.2) is 12.1 Å². The molecule has 1 N–H and O–H groups in total. The molecule has 0 bridgehead atoms. The predicted molar refractivity (Wildman–Crippen MR) is 79.2 cm³/mol. The SMILES string of the molecule is Cc1c(C=O)cc(C(=O)O)cc1B1OC(C)(C)C(C)(C)O1. The molecule has 0 radical (unpaired) electrons. The lowest BCUT2D eigenvalue weighted by Gasteiger charge is -2.32. The summed E-state index contributed by atoms with van der Waals surface area (Å²) in [5, 5.41) is 9.17. The van der Waals surface area contributed by atoms with Gasteiger partial charge in [-0.1, -0.05) is 0 Å². The van der Waals surface area contributed by atoms with E-state index in [1.165, 1.54) is 12.1 Å². The highest BCUT2D eigenvalue weighted by atomic mass is 16.7. The van der Waals surface area contributed by atoms with Crippen molar-refractivity contribution in [2.24, 2.45) is 0 Å². The van der Waals surface area contributed by atoms with Crippen molar-refractivity contribution in [1.29, 1.82) is 0 Å². The monoisotopic (exact) mass is 290 g/mol. The molecule has 1 saturated heterocycles. The van der Waals surface area contributed by atoms with E-state index in [1.54, 1.807) is 6.92 Å². The van der Waals surface area contributed by atoms with Gasteiger partial charge >= 0.3 is 13.1 Å². The van der Waals surface area contributed by atoms with E-state index in [0.717, 1.165) is 0 Å². The third kappa shape index (κ3) is 2.61. The van der Waals surface area contributed by atoms with Crippen LogP contribution in [0.3, 0.4) is 0 Å². The van der Waals surface area contributed by atoms with E-state index >= 15 is 0 Å². The minimum Gasteiger partial charge on any atom is -0.478 e. The van der Waals surface area contributed by atoms with Crippen LogP contribution in [0.5, 0.6) is 0 Å². The van der Waals surface area contributed by atoms with Crippen molar-refractivity contribution in [3.63, 3.8) is 0 Å². The Bertz CT molecular complexity index is 590. The quantitative estimate of drug-likeness (QED) is 0.679. The summed E-state index contributed by atoms with van der Waals surface area (Å²) < 4.78 is 11.9. The molecule has 6 heteroatoms. The van der Waals surface area contributed by atoms with E-state index in [4.69, 9.17) is 9.31 Å². The lowest BCUT2D eigenvalue weighted by Crippen LogP contribution is -2.41. The molecule has 0 spiro atoms. The summed E-state index contributed by atoms with van der Waals surface area (Å²) in [6.45, 7) is 9.44. The molecule has 1 heterocycles. The average molecular weight is 290 g/mol. The first-order chi connectivity index (χ1) is 9.59. The molecule has 0 unspecified atom stereocenters. The Labute approximate surface area is 124 Å².